The molecule has 1 saturated heterocycles. The summed E-state index contributed by atoms with van der Waals surface area (Å²) in [6.07, 6.45) is 6.91. The lowest BCUT2D eigenvalue weighted by Crippen LogP contribution is -2.45. The van der Waals surface area contributed by atoms with E-state index in [2.05, 4.69) is 75.0 Å². The van der Waals surface area contributed by atoms with Crippen molar-refractivity contribution in [1.29, 1.82) is 0 Å². The predicted molar refractivity (Wildman–Crippen MR) is 118 cm³/mol. The van der Waals surface area contributed by atoms with Crippen LogP contribution >= 0.6 is 0 Å². The molecule has 2 aromatic carbocycles. The zero-order valence-electron chi connectivity index (χ0n) is 17.1. The van der Waals surface area contributed by atoms with E-state index >= 15 is 0 Å². The monoisotopic (exact) mass is 400 g/mol. The third kappa shape index (κ3) is 4.17. The maximum atomic E-state index is 13.5. The van der Waals surface area contributed by atoms with Crippen molar-refractivity contribution >= 4 is 5.91 Å². The van der Waals surface area contributed by atoms with Gasteiger partial charge < -0.3 is 10.2 Å². The number of piperidine rings is 1. The molecule has 1 aromatic heterocycles. The van der Waals surface area contributed by atoms with Gasteiger partial charge in [0.05, 0.1) is 12.1 Å². The Balaban J connectivity index is 1.28. The van der Waals surface area contributed by atoms with Crippen molar-refractivity contribution in [2.45, 2.75) is 37.8 Å². The summed E-state index contributed by atoms with van der Waals surface area (Å²) >= 11 is 0. The summed E-state index contributed by atoms with van der Waals surface area (Å²) in [5.41, 5.74) is 4.73. The number of amides is 1. The minimum atomic E-state index is 0.0507. The van der Waals surface area contributed by atoms with Gasteiger partial charge >= 0.3 is 0 Å². The van der Waals surface area contributed by atoms with Gasteiger partial charge in [-0.15, -0.1) is 0 Å². The number of aromatic amines is 1. The molecule has 30 heavy (non-hydrogen) atoms. The molecule has 0 radical (unpaired) electrons. The van der Waals surface area contributed by atoms with Crippen molar-refractivity contribution in [2.75, 3.05) is 13.1 Å². The van der Waals surface area contributed by atoms with Gasteiger partial charge in [0.2, 0.25) is 5.91 Å². The standard InChI is InChI=1S/C25H28N4O/c30-25(22-12-21(13-26-14-22)19-4-2-1-3-5-19)29(24-10-11-24)17-18-6-8-20(9-7-18)23-15-27-28-16-23/h1-9,15-16,21-22,24,26H,10-14,17H2,(H,27,28). The molecule has 5 nitrogen and oxygen atoms in total. The lowest BCUT2D eigenvalue weighted by molar-refractivity contribution is -0.137. The summed E-state index contributed by atoms with van der Waals surface area (Å²) in [5.74, 6) is 0.767. The molecule has 0 bridgehead atoms. The van der Waals surface area contributed by atoms with Crippen molar-refractivity contribution in [3.8, 4) is 11.1 Å². The molecule has 2 N–H and O–H groups in total. The van der Waals surface area contributed by atoms with Crippen LogP contribution in [0.5, 0.6) is 0 Å². The highest BCUT2D eigenvalue weighted by molar-refractivity contribution is 5.80. The first kappa shape index (κ1) is 19.1. The van der Waals surface area contributed by atoms with Crippen LogP contribution in [-0.2, 0) is 11.3 Å². The van der Waals surface area contributed by atoms with Crippen LogP contribution in [0, 0.1) is 5.92 Å². The van der Waals surface area contributed by atoms with E-state index in [1.54, 1.807) is 0 Å². The molecule has 2 unspecified atom stereocenters. The fraction of sp³-hybridized carbons (Fsp3) is 0.360. The van der Waals surface area contributed by atoms with Crippen molar-refractivity contribution in [1.82, 2.24) is 20.4 Å². The quantitative estimate of drug-likeness (QED) is 0.658. The van der Waals surface area contributed by atoms with E-state index < -0.39 is 0 Å². The van der Waals surface area contributed by atoms with Gasteiger partial charge in [-0.2, -0.15) is 5.10 Å². The highest BCUT2D eigenvalue weighted by Crippen LogP contribution is 2.33. The fourth-order valence-electron chi connectivity index (χ4n) is 4.52. The first-order valence-electron chi connectivity index (χ1n) is 10.9. The Bertz CT molecular complexity index is 964. The third-order valence-electron chi connectivity index (χ3n) is 6.38. The van der Waals surface area contributed by atoms with Gasteiger partial charge in [-0.3, -0.25) is 9.89 Å². The Labute approximate surface area is 177 Å². The van der Waals surface area contributed by atoms with Crippen LogP contribution in [0.1, 0.15) is 36.3 Å². The third-order valence-corrected chi connectivity index (χ3v) is 6.38. The number of aromatic nitrogens is 2. The Morgan fingerprint density at radius 1 is 1.00 bits per heavy atom. The van der Waals surface area contributed by atoms with E-state index in [0.717, 1.165) is 43.5 Å². The largest absolute Gasteiger partial charge is 0.335 e. The number of hydrogen-bond acceptors (Lipinski definition) is 3. The van der Waals surface area contributed by atoms with Gasteiger partial charge in [-0.05, 0) is 41.9 Å². The minimum Gasteiger partial charge on any atom is -0.335 e. The molecule has 2 heterocycles. The molecular formula is C25H28N4O. The van der Waals surface area contributed by atoms with Crippen LogP contribution in [-0.4, -0.2) is 40.1 Å². The van der Waals surface area contributed by atoms with E-state index in [-0.39, 0.29) is 5.92 Å². The number of rotatable bonds is 6. The summed E-state index contributed by atoms with van der Waals surface area (Å²) in [5, 5.41) is 10.4. The number of hydrogen-bond donors (Lipinski definition) is 2. The summed E-state index contributed by atoms with van der Waals surface area (Å²) in [6, 6.07) is 19.5. The maximum absolute atomic E-state index is 13.5. The Morgan fingerprint density at radius 2 is 1.80 bits per heavy atom. The van der Waals surface area contributed by atoms with E-state index in [9.17, 15) is 4.79 Å². The second-order valence-electron chi connectivity index (χ2n) is 8.58. The normalized spacial score (nSPS) is 21.3. The van der Waals surface area contributed by atoms with Gasteiger partial charge in [0.25, 0.3) is 0 Å². The summed E-state index contributed by atoms with van der Waals surface area (Å²) < 4.78 is 0. The first-order valence-corrected chi connectivity index (χ1v) is 10.9. The Kier molecular flexibility index (Phi) is 5.37. The molecule has 154 valence electrons. The number of carbonyl (C=O) groups is 1. The van der Waals surface area contributed by atoms with Crippen LogP contribution in [0.25, 0.3) is 11.1 Å². The van der Waals surface area contributed by atoms with E-state index in [1.807, 2.05) is 12.4 Å². The first-order chi connectivity index (χ1) is 14.8. The number of nitrogens with one attached hydrogen (secondary N) is 2. The Morgan fingerprint density at radius 3 is 2.50 bits per heavy atom. The lowest BCUT2D eigenvalue weighted by Gasteiger charge is -2.33. The predicted octanol–water partition coefficient (Wildman–Crippen LogP) is 3.96. The fourth-order valence-corrected chi connectivity index (χ4v) is 4.52. The maximum Gasteiger partial charge on any atom is 0.227 e. The minimum absolute atomic E-state index is 0.0507. The van der Waals surface area contributed by atoms with Crippen LogP contribution in [0.4, 0.5) is 0 Å². The van der Waals surface area contributed by atoms with Gasteiger partial charge in [-0.25, -0.2) is 0 Å². The van der Waals surface area contributed by atoms with Crippen molar-refractivity contribution in [2.24, 2.45) is 5.92 Å². The Hall–Kier alpha value is -2.92. The smallest absolute Gasteiger partial charge is 0.227 e. The van der Waals surface area contributed by atoms with Crippen molar-refractivity contribution < 1.29 is 4.79 Å². The molecular weight excluding hydrogens is 372 g/mol. The molecule has 1 aliphatic heterocycles. The van der Waals surface area contributed by atoms with Gasteiger partial charge in [0.15, 0.2) is 0 Å². The van der Waals surface area contributed by atoms with Crippen molar-refractivity contribution in [3.05, 3.63) is 78.1 Å². The van der Waals surface area contributed by atoms with Gasteiger partial charge in [0, 0.05) is 37.4 Å². The molecule has 1 saturated carbocycles. The zero-order chi connectivity index (χ0) is 20.3. The molecule has 1 aliphatic carbocycles. The van der Waals surface area contributed by atoms with Gasteiger partial charge in [0.1, 0.15) is 0 Å². The van der Waals surface area contributed by atoms with Crippen LogP contribution < -0.4 is 5.32 Å². The zero-order valence-corrected chi connectivity index (χ0v) is 17.1. The molecule has 5 heteroatoms. The molecule has 2 fully saturated rings. The second kappa shape index (κ2) is 8.44. The molecule has 2 atom stereocenters. The number of benzene rings is 2. The summed E-state index contributed by atoms with van der Waals surface area (Å²) in [7, 11) is 0. The van der Waals surface area contributed by atoms with E-state index in [4.69, 9.17) is 0 Å². The SMILES string of the molecule is O=C(C1CNCC(c2ccccc2)C1)N(Cc1ccc(-c2cn[nH]c2)cc1)C1CC1. The number of nitrogens with zero attached hydrogens (tertiary/aromatic N) is 2. The van der Waals surface area contributed by atoms with Crippen LogP contribution in [0.3, 0.4) is 0 Å². The summed E-state index contributed by atoms with van der Waals surface area (Å²) in [6.45, 7) is 2.43. The van der Waals surface area contributed by atoms with Crippen LogP contribution in [0.15, 0.2) is 67.0 Å². The summed E-state index contributed by atoms with van der Waals surface area (Å²) in [4.78, 5) is 15.6. The molecule has 1 amide bonds. The van der Waals surface area contributed by atoms with Crippen molar-refractivity contribution in [3.63, 3.8) is 0 Å². The average Bonchev–Trinajstić information content (AvgIpc) is 3.51. The van der Waals surface area contributed by atoms with Crippen LogP contribution in [0.2, 0.25) is 0 Å². The van der Waals surface area contributed by atoms with E-state index in [1.165, 1.54) is 11.1 Å². The highest BCUT2D eigenvalue weighted by Gasteiger charge is 2.37. The molecule has 0 spiro atoms. The molecule has 3 aromatic rings. The van der Waals surface area contributed by atoms with Gasteiger partial charge in [-0.1, -0.05) is 54.6 Å². The second-order valence-corrected chi connectivity index (χ2v) is 8.58. The number of H-pyrrole nitrogens is 1. The molecule has 5 rings (SSSR count). The lowest BCUT2D eigenvalue weighted by atomic mass is 9.85. The average molecular weight is 401 g/mol. The topological polar surface area (TPSA) is 61.0 Å². The molecule has 2 aliphatic rings. The van der Waals surface area contributed by atoms with E-state index in [0.29, 0.717) is 24.4 Å². The highest BCUT2D eigenvalue weighted by atomic mass is 16.2. The number of carbonyl (C=O) groups excluding carboxylic acids is 1.